The maximum atomic E-state index is 8.88. The van der Waals surface area contributed by atoms with Gasteiger partial charge in [-0.2, -0.15) is 15.6 Å². The molecule has 6 heteroatoms. The zero-order chi connectivity index (χ0) is 16.3. The number of hydrogen-bond acceptors (Lipinski definition) is 3. The van der Waals surface area contributed by atoms with Crippen LogP contribution in [0.2, 0.25) is 10.0 Å². The first-order valence-corrected chi connectivity index (χ1v) is 7.22. The Morgan fingerprint density at radius 1 is 1.23 bits per heavy atom. The van der Waals surface area contributed by atoms with E-state index in [9.17, 15) is 0 Å². The highest BCUT2D eigenvalue weighted by Crippen LogP contribution is 2.26. The number of aryl methyl sites for hydroxylation is 1. The van der Waals surface area contributed by atoms with Crippen LogP contribution in [0.1, 0.15) is 22.5 Å². The van der Waals surface area contributed by atoms with Crippen LogP contribution in [-0.4, -0.2) is 9.78 Å². The van der Waals surface area contributed by atoms with Gasteiger partial charge in [0.25, 0.3) is 0 Å². The Hall–Kier alpha value is -2.27. The summed E-state index contributed by atoms with van der Waals surface area (Å²) in [5.74, 6) is 0. The fourth-order valence-electron chi connectivity index (χ4n) is 2.14. The first kappa shape index (κ1) is 16.1. The van der Waals surface area contributed by atoms with Gasteiger partial charge in [0.1, 0.15) is 17.7 Å². The molecule has 0 unspecified atom stereocenters. The molecular weight excluding hydrogens is 319 g/mol. The molecule has 2 aromatic rings. The molecule has 2 rings (SSSR count). The van der Waals surface area contributed by atoms with Crippen LogP contribution < -0.4 is 0 Å². The Morgan fingerprint density at radius 3 is 2.36 bits per heavy atom. The van der Waals surface area contributed by atoms with E-state index in [0.717, 1.165) is 22.5 Å². The van der Waals surface area contributed by atoms with Gasteiger partial charge in [-0.05, 0) is 32.1 Å². The number of rotatable bonds is 3. The van der Waals surface area contributed by atoms with Crippen LogP contribution in [0.25, 0.3) is 6.08 Å². The first-order chi connectivity index (χ1) is 10.5. The second-order valence-corrected chi connectivity index (χ2v) is 5.54. The summed E-state index contributed by atoms with van der Waals surface area (Å²) >= 11 is 12.4. The molecule has 1 aromatic carbocycles. The molecule has 4 nitrogen and oxygen atoms in total. The zero-order valence-corrected chi connectivity index (χ0v) is 13.6. The van der Waals surface area contributed by atoms with E-state index in [2.05, 4.69) is 5.10 Å². The minimum atomic E-state index is 0.0431. The molecule has 0 aliphatic heterocycles. The summed E-state index contributed by atoms with van der Waals surface area (Å²) in [7, 11) is 0. The van der Waals surface area contributed by atoms with Gasteiger partial charge >= 0.3 is 0 Å². The predicted molar refractivity (Wildman–Crippen MR) is 86.5 cm³/mol. The molecule has 0 spiro atoms. The molecule has 0 aliphatic carbocycles. The normalized spacial score (nSPS) is 9.91. The second kappa shape index (κ2) is 6.66. The SMILES string of the molecule is Cc1nn(Cc2c(Cl)cccc2Cl)c(C)c1C=C(C#N)C#N. The molecule has 1 heterocycles. The average Bonchev–Trinajstić information content (AvgIpc) is 2.75. The van der Waals surface area contributed by atoms with Gasteiger partial charge in [0.15, 0.2) is 0 Å². The summed E-state index contributed by atoms with van der Waals surface area (Å²) in [5.41, 5.74) is 3.18. The van der Waals surface area contributed by atoms with E-state index in [1.165, 1.54) is 0 Å². The molecule has 110 valence electrons. The van der Waals surface area contributed by atoms with E-state index in [4.69, 9.17) is 33.7 Å². The highest BCUT2D eigenvalue weighted by Gasteiger charge is 2.13. The van der Waals surface area contributed by atoms with Gasteiger partial charge < -0.3 is 0 Å². The minimum absolute atomic E-state index is 0.0431. The number of nitriles is 2. The molecule has 0 saturated carbocycles. The summed E-state index contributed by atoms with van der Waals surface area (Å²) in [5, 5.41) is 23.4. The predicted octanol–water partition coefficient (Wildman–Crippen LogP) is 4.29. The minimum Gasteiger partial charge on any atom is -0.264 e. The van der Waals surface area contributed by atoms with E-state index in [1.54, 1.807) is 29.0 Å². The molecule has 0 aliphatic rings. The van der Waals surface area contributed by atoms with Crippen molar-refractivity contribution in [2.24, 2.45) is 0 Å². The van der Waals surface area contributed by atoms with Gasteiger partial charge in [-0.15, -0.1) is 0 Å². The summed E-state index contributed by atoms with van der Waals surface area (Å²) in [6.45, 7) is 4.13. The Balaban J connectivity index is 2.46. The van der Waals surface area contributed by atoms with Gasteiger partial charge in [-0.1, -0.05) is 29.3 Å². The third-order valence-corrected chi connectivity index (χ3v) is 4.04. The van der Waals surface area contributed by atoms with Crippen molar-refractivity contribution in [1.82, 2.24) is 9.78 Å². The van der Waals surface area contributed by atoms with Crippen LogP contribution >= 0.6 is 23.2 Å². The molecule has 0 atom stereocenters. The largest absolute Gasteiger partial charge is 0.264 e. The Kier molecular flexibility index (Phi) is 4.88. The van der Waals surface area contributed by atoms with Gasteiger partial charge in [0, 0.05) is 26.9 Å². The molecule has 0 bridgehead atoms. The van der Waals surface area contributed by atoms with Crippen LogP contribution in [0.5, 0.6) is 0 Å². The van der Waals surface area contributed by atoms with E-state index in [-0.39, 0.29) is 5.57 Å². The van der Waals surface area contributed by atoms with Crippen molar-refractivity contribution in [3.8, 4) is 12.1 Å². The standard InChI is InChI=1S/C16H12Cl2N4/c1-10-13(6-12(7-19)8-20)11(2)22(21-10)9-14-15(17)4-3-5-16(14)18/h3-6H,9H2,1-2H3. The first-order valence-electron chi connectivity index (χ1n) is 6.46. The molecule has 0 radical (unpaired) electrons. The number of hydrogen-bond donors (Lipinski definition) is 0. The van der Waals surface area contributed by atoms with Crippen molar-refractivity contribution in [2.45, 2.75) is 20.4 Å². The number of aromatic nitrogens is 2. The fraction of sp³-hybridized carbons (Fsp3) is 0.188. The van der Waals surface area contributed by atoms with Crippen molar-refractivity contribution < 1.29 is 0 Å². The van der Waals surface area contributed by atoms with Gasteiger partial charge in [-0.3, -0.25) is 4.68 Å². The van der Waals surface area contributed by atoms with E-state index >= 15 is 0 Å². The maximum Gasteiger partial charge on any atom is 0.130 e. The van der Waals surface area contributed by atoms with E-state index < -0.39 is 0 Å². The van der Waals surface area contributed by atoms with Crippen LogP contribution in [-0.2, 0) is 6.54 Å². The van der Waals surface area contributed by atoms with Crippen molar-refractivity contribution in [3.05, 3.63) is 56.3 Å². The molecule has 0 fully saturated rings. The van der Waals surface area contributed by atoms with Crippen molar-refractivity contribution in [3.63, 3.8) is 0 Å². The van der Waals surface area contributed by atoms with Crippen LogP contribution in [0, 0.1) is 36.5 Å². The molecule has 22 heavy (non-hydrogen) atoms. The summed E-state index contributed by atoms with van der Waals surface area (Å²) in [4.78, 5) is 0. The molecule has 0 amide bonds. The Bertz CT molecular complexity index is 799. The molecule has 0 N–H and O–H groups in total. The highest BCUT2D eigenvalue weighted by molar-refractivity contribution is 6.35. The quantitative estimate of drug-likeness (QED) is 0.788. The average molecular weight is 331 g/mol. The number of halogens is 2. The molecule has 1 aromatic heterocycles. The third-order valence-electron chi connectivity index (χ3n) is 3.34. The summed E-state index contributed by atoms with van der Waals surface area (Å²) in [6, 6.07) is 9.05. The van der Waals surface area contributed by atoms with Gasteiger partial charge in [0.05, 0.1) is 12.2 Å². The lowest BCUT2D eigenvalue weighted by Crippen LogP contribution is -2.05. The zero-order valence-electron chi connectivity index (χ0n) is 12.1. The monoisotopic (exact) mass is 330 g/mol. The van der Waals surface area contributed by atoms with E-state index in [1.807, 2.05) is 26.0 Å². The Morgan fingerprint density at radius 2 is 1.82 bits per heavy atom. The highest BCUT2D eigenvalue weighted by atomic mass is 35.5. The Labute approximate surface area is 138 Å². The van der Waals surface area contributed by atoms with Crippen LogP contribution in [0.4, 0.5) is 0 Å². The molecular formula is C16H12Cl2N4. The lowest BCUT2D eigenvalue weighted by molar-refractivity contribution is 0.659. The van der Waals surface area contributed by atoms with Crippen molar-refractivity contribution in [1.29, 1.82) is 10.5 Å². The fourth-order valence-corrected chi connectivity index (χ4v) is 2.66. The van der Waals surface area contributed by atoms with Gasteiger partial charge in [-0.25, -0.2) is 0 Å². The second-order valence-electron chi connectivity index (χ2n) is 4.72. The topological polar surface area (TPSA) is 65.4 Å². The third kappa shape index (κ3) is 3.14. The van der Waals surface area contributed by atoms with Crippen LogP contribution in [0.3, 0.4) is 0 Å². The summed E-state index contributed by atoms with van der Waals surface area (Å²) in [6.07, 6.45) is 1.54. The number of nitrogens with zero attached hydrogens (tertiary/aromatic N) is 4. The van der Waals surface area contributed by atoms with Crippen molar-refractivity contribution >= 4 is 29.3 Å². The maximum absolute atomic E-state index is 8.88. The van der Waals surface area contributed by atoms with Crippen molar-refractivity contribution in [2.75, 3.05) is 0 Å². The van der Waals surface area contributed by atoms with Gasteiger partial charge in [0.2, 0.25) is 0 Å². The lowest BCUT2D eigenvalue weighted by atomic mass is 10.1. The van der Waals surface area contributed by atoms with Crippen LogP contribution in [0.15, 0.2) is 23.8 Å². The lowest BCUT2D eigenvalue weighted by Gasteiger charge is -2.09. The number of allylic oxidation sites excluding steroid dienone is 1. The van der Waals surface area contributed by atoms with E-state index in [0.29, 0.717) is 16.6 Å². The summed E-state index contributed by atoms with van der Waals surface area (Å²) < 4.78 is 1.76. The number of benzene rings is 1. The molecule has 0 saturated heterocycles. The smallest absolute Gasteiger partial charge is 0.130 e.